The molecule has 8 heteroatoms. The lowest BCUT2D eigenvalue weighted by Gasteiger charge is -2.12. The van der Waals surface area contributed by atoms with E-state index in [9.17, 15) is 14.9 Å². The Morgan fingerprint density at radius 1 is 0.897 bits per heavy atom. The molecule has 0 unspecified atom stereocenters. The first kappa shape index (κ1) is 26.4. The van der Waals surface area contributed by atoms with Crippen LogP contribution < -0.4 is 4.74 Å². The van der Waals surface area contributed by atoms with Crippen LogP contribution in [-0.2, 0) is 17.9 Å². The molecule has 0 spiro atoms. The summed E-state index contributed by atoms with van der Waals surface area (Å²) in [6, 6.07) is 30.4. The molecule has 1 heterocycles. The van der Waals surface area contributed by atoms with E-state index < -0.39 is 10.9 Å². The first-order chi connectivity index (χ1) is 18.9. The van der Waals surface area contributed by atoms with Gasteiger partial charge in [0.15, 0.2) is 0 Å². The number of hydrogen-bond acceptors (Lipinski definition) is 5. The Balaban J connectivity index is 1.50. The molecule has 5 rings (SSSR count). The van der Waals surface area contributed by atoms with Gasteiger partial charge in [0.05, 0.1) is 20.6 Å². The van der Waals surface area contributed by atoms with Crippen LogP contribution in [0.4, 0.5) is 5.69 Å². The summed E-state index contributed by atoms with van der Waals surface area (Å²) in [6.45, 7) is 2.79. The Labute approximate surface area is 239 Å². The van der Waals surface area contributed by atoms with E-state index in [1.54, 1.807) is 13.0 Å². The zero-order valence-corrected chi connectivity index (χ0v) is 23.3. The van der Waals surface area contributed by atoms with Crippen LogP contribution in [0.2, 0.25) is 0 Å². The Morgan fingerprint density at radius 3 is 2.33 bits per heavy atom. The number of fused-ring (bicyclic) bond motifs is 1. The molecule has 0 saturated carbocycles. The van der Waals surface area contributed by atoms with E-state index in [0.29, 0.717) is 17.9 Å². The van der Waals surface area contributed by atoms with E-state index in [0.717, 1.165) is 36.9 Å². The van der Waals surface area contributed by atoms with Crippen molar-refractivity contribution in [1.82, 2.24) is 4.57 Å². The third-order valence-corrected chi connectivity index (χ3v) is 7.46. The molecule has 0 atom stereocenters. The molecular formula is C31H25IN2O5. The first-order valence-corrected chi connectivity index (χ1v) is 13.5. The van der Waals surface area contributed by atoms with E-state index in [-0.39, 0.29) is 18.8 Å². The number of benzene rings is 4. The van der Waals surface area contributed by atoms with Gasteiger partial charge in [-0.1, -0.05) is 66.7 Å². The number of aromatic nitrogens is 1. The summed E-state index contributed by atoms with van der Waals surface area (Å²) < 4.78 is 14.0. The monoisotopic (exact) mass is 632 g/mol. The number of rotatable bonds is 9. The van der Waals surface area contributed by atoms with E-state index in [2.05, 4.69) is 22.6 Å². The highest BCUT2D eigenvalue weighted by Crippen LogP contribution is 2.33. The van der Waals surface area contributed by atoms with Crippen molar-refractivity contribution in [3.8, 4) is 16.9 Å². The minimum Gasteiger partial charge on any atom is -0.489 e. The molecule has 5 aromatic rings. The van der Waals surface area contributed by atoms with Crippen LogP contribution >= 0.6 is 22.6 Å². The lowest BCUT2D eigenvalue weighted by Crippen LogP contribution is -2.14. The molecular weight excluding hydrogens is 607 g/mol. The summed E-state index contributed by atoms with van der Waals surface area (Å²) in [6.07, 6.45) is 0. The number of carbonyl (C=O) groups is 1. The van der Waals surface area contributed by atoms with Crippen LogP contribution in [0.1, 0.15) is 28.5 Å². The Kier molecular flexibility index (Phi) is 7.92. The fraction of sp³-hybridized carbons (Fsp3) is 0.129. The van der Waals surface area contributed by atoms with Gasteiger partial charge in [0, 0.05) is 24.1 Å². The number of non-ortho nitro benzene ring substituents is 1. The van der Waals surface area contributed by atoms with Gasteiger partial charge in [-0.15, -0.1) is 0 Å². The predicted octanol–water partition coefficient (Wildman–Crippen LogP) is 7.63. The van der Waals surface area contributed by atoms with Crippen molar-refractivity contribution in [3.05, 3.63) is 128 Å². The normalized spacial score (nSPS) is 10.9. The van der Waals surface area contributed by atoms with Crippen LogP contribution in [-0.4, -0.2) is 22.1 Å². The van der Waals surface area contributed by atoms with Gasteiger partial charge in [0.25, 0.3) is 5.69 Å². The number of nitrogens with zero attached hydrogens (tertiary/aromatic N) is 2. The van der Waals surface area contributed by atoms with Crippen molar-refractivity contribution in [1.29, 1.82) is 0 Å². The van der Waals surface area contributed by atoms with Crippen LogP contribution in [0.25, 0.3) is 22.0 Å². The van der Waals surface area contributed by atoms with Gasteiger partial charge >= 0.3 is 5.97 Å². The van der Waals surface area contributed by atoms with Crippen LogP contribution in [0.15, 0.2) is 97.1 Å². The number of esters is 1. The number of nitro benzene ring substituents is 1. The first-order valence-electron chi connectivity index (χ1n) is 12.4. The molecule has 4 aromatic carbocycles. The summed E-state index contributed by atoms with van der Waals surface area (Å²) in [5.74, 6) is 0.349. The summed E-state index contributed by atoms with van der Waals surface area (Å²) in [5.41, 5.74) is 5.07. The highest BCUT2D eigenvalue weighted by Gasteiger charge is 2.23. The second-order valence-electron chi connectivity index (χ2n) is 8.93. The Bertz CT molecular complexity index is 1650. The Hall–Kier alpha value is -4.18. The average molecular weight is 632 g/mol. The fourth-order valence-corrected chi connectivity index (χ4v) is 5.45. The third-order valence-electron chi connectivity index (χ3n) is 6.37. The minimum atomic E-state index is -0.426. The Morgan fingerprint density at radius 2 is 1.62 bits per heavy atom. The average Bonchev–Trinajstić information content (AvgIpc) is 3.23. The minimum absolute atomic E-state index is 0.00612. The van der Waals surface area contributed by atoms with E-state index in [1.807, 2.05) is 83.4 Å². The number of halogens is 1. The summed E-state index contributed by atoms with van der Waals surface area (Å²) >= 11 is 2.17. The lowest BCUT2D eigenvalue weighted by molar-refractivity contribution is -0.384. The zero-order valence-electron chi connectivity index (χ0n) is 21.2. The van der Waals surface area contributed by atoms with Crippen molar-refractivity contribution < 1.29 is 19.2 Å². The summed E-state index contributed by atoms with van der Waals surface area (Å²) in [7, 11) is 0. The molecule has 0 aliphatic rings. The lowest BCUT2D eigenvalue weighted by atomic mass is 10.0. The molecule has 1 aromatic heterocycles. The fourth-order valence-electron chi connectivity index (χ4n) is 4.49. The van der Waals surface area contributed by atoms with Gasteiger partial charge in [-0.25, -0.2) is 4.79 Å². The van der Waals surface area contributed by atoms with Crippen molar-refractivity contribution in [3.63, 3.8) is 0 Å². The maximum atomic E-state index is 13.0. The standard InChI is InChI=1S/C31H25IN2O5/c1-2-38-31(35)30-29(32)27-16-13-24(18-28(27)33(30)19-22-9-6-10-25(17-22)34(36)37)23-11-14-26(15-12-23)39-20-21-7-4-3-5-8-21/h3-18H,2,19-20H2,1H3. The number of hydrogen-bond donors (Lipinski definition) is 0. The zero-order chi connectivity index (χ0) is 27.4. The van der Waals surface area contributed by atoms with Crippen LogP contribution in [0.5, 0.6) is 5.75 Å². The van der Waals surface area contributed by atoms with Crippen molar-refractivity contribution in [2.24, 2.45) is 0 Å². The second-order valence-corrected chi connectivity index (χ2v) is 10.0. The van der Waals surface area contributed by atoms with Crippen molar-refractivity contribution in [2.75, 3.05) is 6.61 Å². The molecule has 0 radical (unpaired) electrons. The smallest absolute Gasteiger partial charge is 0.356 e. The summed E-state index contributed by atoms with van der Waals surface area (Å²) in [4.78, 5) is 23.9. The molecule has 0 saturated heterocycles. The van der Waals surface area contributed by atoms with E-state index in [4.69, 9.17) is 9.47 Å². The molecule has 39 heavy (non-hydrogen) atoms. The number of nitro groups is 1. The van der Waals surface area contributed by atoms with Crippen molar-refractivity contribution in [2.45, 2.75) is 20.1 Å². The van der Waals surface area contributed by atoms with Gasteiger partial charge in [-0.05, 0) is 70.0 Å². The van der Waals surface area contributed by atoms with Gasteiger partial charge in [0.1, 0.15) is 18.1 Å². The molecule has 0 aliphatic heterocycles. The molecule has 0 fully saturated rings. The predicted molar refractivity (Wildman–Crippen MR) is 159 cm³/mol. The SMILES string of the molecule is CCOC(=O)c1c(I)c2ccc(-c3ccc(OCc4ccccc4)cc3)cc2n1Cc1cccc([N+](=O)[O-])c1. The highest BCUT2D eigenvalue weighted by molar-refractivity contribution is 14.1. The molecule has 0 aliphatic carbocycles. The topological polar surface area (TPSA) is 83.6 Å². The van der Waals surface area contributed by atoms with Crippen LogP contribution in [0, 0.1) is 13.7 Å². The second kappa shape index (κ2) is 11.7. The third kappa shape index (κ3) is 5.80. The molecule has 0 amide bonds. The maximum Gasteiger partial charge on any atom is 0.356 e. The quantitative estimate of drug-likeness (QED) is 0.0723. The van der Waals surface area contributed by atoms with E-state index >= 15 is 0 Å². The van der Waals surface area contributed by atoms with E-state index in [1.165, 1.54) is 12.1 Å². The summed E-state index contributed by atoms with van der Waals surface area (Å²) in [5, 5.41) is 12.2. The molecule has 7 nitrogen and oxygen atoms in total. The highest BCUT2D eigenvalue weighted by atomic mass is 127. The molecule has 196 valence electrons. The van der Waals surface area contributed by atoms with Gasteiger partial charge in [0.2, 0.25) is 0 Å². The van der Waals surface area contributed by atoms with Crippen molar-refractivity contribution >= 4 is 45.2 Å². The maximum absolute atomic E-state index is 13.0. The largest absolute Gasteiger partial charge is 0.489 e. The number of ether oxygens (including phenoxy) is 2. The van der Waals surface area contributed by atoms with Crippen LogP contribution in [0.3, 0.4) is 0 Å². The number of carbonyl (C=O) groups excluding carboxylic acids is 1. The van der Waals surface area contributed by atoms with Gasteiger partial charge in [-0.3, -0.25) is 10.1 Å². The molecule has 0 N–H and O–H groups in total. The molecule has 0 bridgehead atoms. The van der Waals surface area contributed by atoms with Gasteiger partial charge in [-0.2, -0.15) is 0 Å². The van der Waals surface area contributed by atoms with Gasteiger partial charge < -0.3 is 14.0 Å².